The number of aliphatic hydroxyl groups excluding tert-OH is 1. The smallest absolute Gasteiger partial charge is 0.306 e. The minimum absolute atomic E-state index is 0.0265. The first kappa shape index (κ1) is 13.2. The highest BCUT2D eigenvalue weighted by molar-refractivity contribution is 8.00. The van der Waals surface area contributed by atoms with Crippen LogP contribution in [0.1, 0.15) is 32.6 Å². The van der Waals surface area contributed by atoms with Crippen LogP contribution in [0.4, 0.5) is 0 Å². The number of rotatable bonds is 4. The number of ether oxygens (including phenoxy) is 2. The molecule has 5 heteroatoms. The van der Waals surface area contributed by atoms with E-state index < -0.39 is 0 Å². The number of carbonyl (C=O) groups excluding carboxylic acids is 1. The lowest BCUT2D eigenvalue weighted by Gasteiger charge is -2.22. The highest BCUT2D eigenvalue weighted by Gasteiger charge is 2.46. The van der Waals surface area contributed by atoms with Crippen LogP contribution in [0, 0.1) is 5.92 Å². The molecule has 0 amide bonds. The molecule has 0 aromatic rings. The molecule has 2 aliphatic rings. The largest absolute Gasteiger partial charge is 0.466 e. The molecule has 1 N–H and O–H groups in total. The number of aliphatic hydroxyl groups is 1. The van der Waals surface area contributed by atoms with Gasteiger partial charge in [0.15, 0.2) is 0 Å². The summed E-state index contributed by atoms with van der Waals surface area (Å²) in [5.41, 5.74) is 0. The van der Waals surface area contributed by atoms with Crippen LogP contribution in [0.3, 0.4) is 0 Å². The van der Waals surface area contributed by atoms with Gasteiger partial charge >= 0.3 is 5.97 Å². The first-order valence-corrected chi connectivity index (χ1v) is 7.24. The Hall–Kier alpha value is -0.260. The van der Waals surface area contributed by atoms with Gasteiger partial charge in [0.05, 0.1) is 19.3 Å². The van der Waals surface area contributed by atoms with E-state index in [4.69, 9.17) is 14.6 Å². The summed E-state index contributed by atoms with van der Waals surface area (Å²) in [6, 6.07) is 0. The fourth-order valence-corrected chi connectivity index (χ4v) is 4.13. The fourth-order valence-electron chi connectivity index (χ4n) is 2.64. The molecule has 0 aromatic carbocycles. The zero-order valence-electron chi connectivity index (χ0n) is 10.2. The van der Waals surface area contributed by atoms with Crippen molar-refractivity contribution in [2.75, 3.05) is 19.0 Å². The predicted molar refractivity (Wildman–Crippen MR) is 65.7 cm³/mol. The van der Waals surface area contributed by atoms with Crippen LogP contribution in [0.2, 0.25) is 0 Å². The van der Waals surface area contributed by atoms with Gasteiger partial charge in [0.1, 0.15) is 4.93 Å². The summed E-state index contributed by atoms with van der Waals surface area (Å²) in [4.78, 5) is 11.3. The Kier molecular flexibility index (Phi) is 4.33. The molecular formula is C12H20O4S. The van der Waals surface area contributed by atoms with E-state index in [-0.39, 0.29) is 23.6 Å². The summed E-state index contributed by atoms with van der Waals surface area (Å²) in [6.07, 6.45) is 3.39. The van der Waals surface area contributed by atoms with Gasteiger partial charge < -0.3 is 14.6 Å². The Morgan fingerprint density at radius 2 is 2.47 bits per heavy atom. The van der Waals surface area contributed by atoms with Crippen molar-refractivity contribution in [3.63, 3.8) is 0 Å². The summed E-state index contributed by atoms with van der Waals surface area (Å²) in [5.74, 6) is 1.14. The first-order valence-electron chi connectivity index (χ1n) is 6.25. The van der Waals surface area contributed by atoms with Crippen LogP contribution >= 0.6 is 11.8 Å². The molecule has 98 valence electrons. The maximum absolute atomic E-state index is 11.4. The molecule has 1 saturated heterocycles. The van der Waals surface area contributed by atoms with E-state index in [0.29, 0.717) is 18.9 Å². The molecular weight excluding hydrogens is 240 g/mol. The molecule has 1 spiro atoms. The quantitative estimate of drug-likeness (QED) is 0.777. The standard InChI is InChI=1S/C12H20O4S/c1-2-15-11(14)5-9-3-4-12(6-9)16-10(7-13)8-17-12/h9-10,13H,2-8H2,1H3. The highest BCUT2D eigenvalue weighted by Crippen LogP contribution is 2.51. The van der Waals surface area contributed by atoms with Crippen LogP contribution in [-0.2, 0) is 14.3 Å². The second kappa shape index (κ2) is 5.59. The van der Waals surface area contributed by atoms with Crippen molar-refractivity contribution in [3.05, 3.63) is 0 Å². The summed E-state index contributed by atoms with van der Waals surface area (Å²) in [7, 11) is 0. The van der Waals surface area contributed by atoms with E-state index in [0.717, 1.165) is 25.0 Å². The zero-order valence-corrected chi connectivity index (χ0v) is 11.0. The van der Waals surface area contributed by atoms with Crippen molar-refractivity contribution < 1.29 is 19.4 Å². The van der Waals surface area contributed by atoms with Crippen LogP contribution in [0.15, 0.2) is 0 Å². The summed E-state index contributed by atoms with van der Waals surface area (Å²) < 4.78 is 10.9. The van der Waals surface area contributed by atoms with Crippen LogP contribution in [0.25, 0.3) is 0 Å². The maximum atomic E-state index is 11.4. The van der Waals surface area contributed by atoms with Crippen LogP contribution < -0.4 is 0 Å². The van der Waals surface area contributed by atoms with Crippen molar-refractivity contribution >= 4 is 17.7 Å². The SMILES string of the molecule is CCOC(=O)CC1CCC2(C1)OC(CO)CS2. The number of thioether (sulfide) groups is 1. The summed E-state index contributed by atoms with van der Waals surface area (Å²) in [5, 5.41) is 9.08. The third-order valence-electron chi connectivity index (χ3n) is 3.41. The van der Waals surface area contributed by atoms with Crippen LogP contribution in [-0.4, -0.2) is 41.1 Å². The van der Waals surface area contributed by atoms with Gasteiger partial charge in [-0.1, -0.05) is 0 Å². The summed E-state index contributed by atoms with van der Waals surface area (Å²) >= 11 is 1.79. The minimum Gasteiger partial charge on any atom is -0.466 e. The second-order valence-electron chi connectivity index (χ2n) is 4.76. The molecule has 0 bridgehead atoms. The topological polar surface area (TPSA) is 55.8 Å². The van der Waals surface area contributed by atoms with E-state index in [1.165, 1.54) is 0 Å². The first-order chi connectivity index (χ1) is 8.17. The van der Waals surface area contributed by atoms with E-state index in [1.54, 1.807) is 11.8 Å². The van der Waals surface area contributed by atoms with Crippen molar-refractivity contribution in [2.45, 2.75) is 43.6 Å². The summed E-state index contributed by atoms with van der Waals surface area (Å²) in [6.45, 7) is 2.38. The molecule has 3 atom stereocenters. The lowest BCUT2D eigenvalue weighted by molar-refractivity contribution is -0.144. The molecule has 17 heavy (non-hydrogen) atoms. The molecule has 0 radical (unpaired) electrons. The number of esters is 1. The zero-order chi connectivity index (χ0) is 12.3. The Labute approximate surface area is 106 Å². The van der Waals surface area contributed by atoms with Gasteiger partial charge in [-0.25, -0.2) is 0 Å². The van der Waals surface area contributed by atoms with E-state index in [1.807, 2.05) is 6.92 Å². The van der Waals surface area contributed by atoms with Gasteiger partial charge in [-0.2, -0.15) is 0 Å². The number of carbonyl (C=O) groups is 1. The number of hydrogen-bond donors (Lipinski definition) is 1. The number of hydrogen-bond acceptors (Lipinski definition) is 5. The van der Waals surface area contributed by atoms with Crippen LogP contribution in [0.5, 0.6) is 0 Å². The van der Waals surface area contributed by atoms with Gasteiger partial charge in [-0.05, 0) is 32.1 Å². The third kappa shape index (κ3) is 3.14. The van der Waals surface area contributed by atoms with E-state index in [2.05, 4.69) is 0 Å². The molecule has 4 nitrogen and oxygen atoms in total. The highest BCUT2D eigenvalue weighted by atomic mass is 32.2. The normalized spacial score (nSPS) is 36.6. The average molecular weight is 260 g/mol. The third-order valence-corrected chi connectivity index (χ3v) is 4.94. The molecule has 2 rings (SSSR count). The monoisotopic (exact) mass is 260 g/mol. The Balaban J connectivity index is 1.81. The van der Waals surface area contributed by atoms with Gasteiger partial charge in [-0.15, -0.1) is 11.8 Å². The lowest BCUT2D eigenvalue weighted by atomic mass is 10.0. The molecule has 1 saturated carbocycles. The molecule has 1 aliphatic carbocycles. The van der Waals surface area contributed by atoms with Gasteiger partial charge in [0, 0.05) is 12.2 Å². The predicted octanol–water partition coefficient (Wildman–Crippen LogP) is 1.56. The average Bonchev–Trinajstić information content (AvgIpc) is 2.87. The Bertz CT molecular complexity index is 284. The molecule has 1 heterocycles. The van der Waals surface area contributed by atoms with Crippen molar-refractivity contribution in [1.29, 1.82) is 0 Å². The molecule has 1 aliphatic heterocycles. The van der Waals surface area contributed by atoms with Gasteiger partial charge in [-0.3, -0.25) is 4.79 Å². The van der Waals surface area contributed by atoms with Gasteiger partial charge in [0.2, 0.25) is 0 Å². The Morgan fingerprint density at radius 1 is 1.65 bits per heavy atom. The fraction of sp³-hybridized carbons (Fsp3) is 0.917. The lowest BCUT2D eigenvalue weighted by Crippen LogP contribution is -2.25. The van der Waals surface area contributed by atoms with Crippen molar-refractivity contribution in [3.8, 4) is 0 Å². The van der Waals surface area contributed by atoms with Crippen molar-refractivity contribution in [1.82, 2.24) is 0 Å². The molecule has 2 fully saturated rings. The second-order valence-corrected chi connectivity index (χ2v) is 6.13. The molecule has 3 unspecified atom stereocenters. The van der Waals surface area contributed by atoms with Gasteiger partial charge in [0.25, 0.3) is 0 Å². The molecule has 0 aromatic heterocycles. The van der Waals surface area contributed by atoms with Crippen molar-refractivity contribution in [2.24, 2.45) is 5.92 Å². The Morgan fingerprint density at radius 3 is 3.12 bits per heavy atom. The van der Waals surface area contributed by atoms with E-state index in [9.17, 15) is 4.79 Å². The van der Waals surface area contributed by atoms with E-state index >= 15 is 0 Å². The minimum atomic E-state index is -0.134. The maximum Gasteiger partial charge on any atom is 0.306 e.